The van der Waals surface area contributed by atoms with Gasteiger partial charge in [-0.2, -0.15) is 0 Å². The van der Waals surface area contributed by atoms with Crippen molar-refractivity contribution in [2.75, 3.05) is 12.4 Å². The van der Waals surface area contributed by atoms with E-state index in [0.717, 1.165) is 0 Å². The highest BCUT2D eigenvalue weighted by molar-refractivity contribution is 6.34. The van der Waals surface area contributed by atoms with Crippen LogP contribution in [-0.4, -0.2) is 29.8 Å². The van der Waals surface area contributed by atoms with Gasteiger partial charge in [-0.05, 0) is 42.0 Å². The molecule has 0 aliphatic heterocycles. The number of halogens is 1. The summed E-state index contributed by atoms with van der Waals surface area (Å²) in [5.41, 5.74) is 0.539. The van der Waals surface area contributed by atoms with E-state index in [9.17, 15) is 24.5 Å². The molecule has 2 amide bonds. The van der Waals surface area contributed by atoms with Crippen molar-refractivity contribution in [2.24, 2.45) is 0 Å². The third-order valence-corrected chi connectivity index (χ3v) is 4.87. The summed E-state index contributed by atoms with van der Waals surface area (Å²) in [6, 6.07) is 17.9. The number of hydrogen-bond acceptors (Lipinski definition) is 6. The topological polar surface area (TPSA) is 128 Å². The predicted octanol–water partition coefficient (Wildman–Crippen LogP) is 4.44. The number of anilines is 1. The standard InChI is InChI=1S/C24H18ClN3O6/c1-34-24(31)16-7-5-8-17(14-16)26-23(30)21(13-15-6-4-9-18(12-15)28(32)33)27-22(29)19-10-2-3-11-20(19)25/h2-14H,1H3,(H,26,30)(H,27,29). The van der Waals surface area contributed by atoms with Crippen molar-refractivity contribution in [1.29, 1.82) is 0 Å². The fourth-order valence-electron chi connectivity index (χ4n) is 2.93. The van der Waals surface area contributed by atoms with Gasteiger partial charge in [-0.3, -0.25) is 19.7 Å². The van der Waals surface area contributed by atoms with Gasteiger partial charge in [0.2, 0.25) is 0 Å². The van der Waals surface area contributed by atoms with E-state index in [-0.39, 0.29) is 33.2 Å². The molecule has 0 heterocycles. The Kier molecular flexibility index (Phi) is 7.73. The molecule has 34 heavy (non-hydrogen) atoms. The third-order valence-electron chi connectivity index (χ3n) is 4.54. The van der Waals surface area contributed by atoms with Gasteiger partial charge in [0.1, 0.15) is 5.70 Å². The molecule has 0 spiro atoms. The summed E-state index contributed by atoms with van der Waals surface area (Å²) in [7, 11) is 1.23. The largest absolute Gasteiger partial charge is 0.465 e. The quantitative estimate of drug-likeness (QED) is 0.223. The van der Waals surface area contributed by atoms with Crippen LogP contribution in [0, 0.1) is 10.1 Å². The van der Waals surface area contributed by atoms with E-state index in [0.29, 0.717) is 5.56 Å². The van der Waals surface area contributed by atoms with Gasteiger partial charge in [-0.15, -0.1) is 0 Å². The van der Waals surface area contributed by atoms with Gasteiger partial charge in [0, 0.05) is 17.8 Å². The maximum atomic E-state index is 13.1. The molecule has 0 fully saturated rings. The second-order valence-electron chi connectivity index (χ2n) is 6.87. The van der Waals surface area contributed by atoms with Crippen molar-refractivity contribution in [1.82, 2.24) is 5.32 Å². The molecule has 3 rings (SSSR count). The SMILES string of the molecule is COC(=O)c1cccc(NC(=O)C(=Cc2cccc([N+](=O)[O-])c2)NC(=O)c2ccccc2Cl)c1. The second kappa shape index (κ2) is 10.9. The van der Waals surface area contributed by atoms with Crippen molar-refractivity contribution >= 4 is 46.8 Å². The smallest absolute Gasteiger partial charge is 0.337 e. The zero-order valence-corrected chi connectivity index (χ0v) is 18.5. The highest BCUT2D eigenvalue weighted by Crippen LogP contribution is 2.19. The van der Waals surface area contributed by atoms with Crippen molar-refractivity contribution in [3.63, 3.8) is 0 Å². The number of hydrogen-bond donors (Lipinski definition) is 2. The van der Waals surface area contributed by atoms with Crippen LogP contribution in [0.15, 0.2) is 78.5 Å². The van der Waals surface area contributed by atoms with Gasteiger partial charge in [-0.25, -0.2) is 4.79 Å². The summed E-state index contributed by atoms with van der Waals surface area (Å²) in [4.78, 5) is 48.2. The van der Waals surface area contributed by atoms with Crippen LogP contribution in [-0.2, 0) is 9.53 Å². The van der Waals surface area contributed by atoms with Crippen molar-refractivity contribution in [2.45, 2.75) is 0 Å². The lowest BCUT2D eigenvalue weighted by Crippen LogP contribution is -2.31. The molecule has 2 N–H and O–H groups in total. The number of carbonyl (C=O) groups is 3. The van der Waals surface area contributed by atoms with E-state index >= 15 is 0 Å². The number of nitrogens with zero attached hydrogens (tertiary/aromatic N) is 1. The van der Waals surface area contributed by atoms with Gasteiger partial charge in [-0.1, -0.05) is 41.9 Å². The van der Waals surface area contributed by atoms with Gasteiger partial charge in [0.05, 0.1) is 28.2 Å². The number of benzene rings is 3. The Bertz CT molecular complexity index is 1310. The molecule has 9 nitrogen and oxygen atoms in total. The molecule has 0 unspecified atom stereocenters. The molecular formula is C24H18ClN3O6. The average molecular weight is 480 g/mol. The lowest BCUT2D eigenvalue weighted by molar-refractivity contribution is -0.384. The van der Waals surface area contributed by atoms with Crippen LogP contribution in [0.25, 0.3) is 6.08 Å². The molecule has 3 aromatic rings. The number of esters is 1. The third kappa shape index (κ3) is 6.05. The van der Waals surface area contributed by atoms with E-state index < -0.39 is 22.7 Å². The fourth-order valence-corrected chi connectivity index (χ4v) is 3.15. The molecular weight excluding hydrogens is 462 g/mol. The van der Waals surface area contributed by atoms with Gasteiger partial charge in [0.15, 0.2) is 0 Å². The van der Waals surface area contributed by atoms with Crippen molar-refractivity contribution in [3.8, 4) is 0 Å². The van der Waals surface area contributed by atoms with E-state index in [2.05, 4.69) is 15.4 Å². The summed E-state index contributed by atoms with van der Waals surface area (Å²) in [6.45, 7) is 0. The Morgan fingerprint density at radius 3 is 2.44 bits per heavy atom. The highest BCUT2D eigenvalue weighted by atomic mass is 35.5. The summed E-state index contributed by atoms with van der Waals surface area (Å²) < 4.78 is 4.68. The number of nitro benzene ring substituents is 1. The number of carbonyl (C=O) groups excluding carboxylic acids is 3. The lowest BCUT2D eigenvalue weighted by atomic mass is 10.1. The molecule has 0 aliphatic carbocycles. The Morgan fingerprint density at radius 2 is 1.74 bits per heavy atom. The second-order valence-corrected chi connectivity index (χ2v) is 7.28. The Hall–Kier alpha value is -4.50. The first-order valence-electron chi connectivity index (χ1n) is 9.80. The Balaban J connectivity index is 1.95. The molecule has 172 valence electrons. The summed E-state index contributed by atoms with van der Waals surface area (Å²) in [6.07, 6.45) is 1.29. The predicted molar refractivity (Wildman–Crippen MR) is 126 cm³/mol. The monoisotopic (exact) mass is 479 g/mol. The van der Waals surface area contributed by atoms with E-state index in [1.165, 1.54) is 55.7 Å². The van der Waals surface area contributed by atoms with Crippen LogP contribution in [0.3, 0.4) is 0 Å². The molecule has 0 saturated carbocycles. The maximum absolute atomic E-state index is 13.1. The number of rotatable bonds is 7. The summed E-state index contributed by atoms with van der Waals surface area (Å²) in [5.74, 6) is -1.97. The number of nitro groups is 1. The van der Waals surface area contributed by atoms with Crippen LogP contribution < -0.4 is 10.6 Å². The lowest BCUT2D eigenvalue weighted by Gasteiger charge is -2.12. The first-order chi connectivity index (χ1) is 16.3. The van der Waals surface area contributed by atoms with E-state index in [4.69, 9.17) is 11.6 Å². The summed E-state index contributed by atoms with van der Waals surface area (Å²) >= 11 is 6.09. The summed E-state index contributed by atoms with van der Waals surface area (Å²) in [5, 5.41) is 16.4. The zero-order chi connectivity index (χ0) is 24.7. The number of nitrogens with one attached hydrogen (secondary N) is 2. The first kappa shape index (κ1) is 24.1. The molecule has 0 radical (unpaired) electrons. The molecule has 10 heteroatoms. The van der Waals surface area contributed by atoms with Gasteiger partial charge in [0.25, 0.3) is 17.5 Å². The first-order valence-corrected chi connectivity index (χ1v) is 10.2. The molecule has 0 aromatic heterocycles. The molecule has 0 aliphatic rings. The minimum absolute atomic E-state index is 0.134. The van der Waals surface area contributed by atoms with Gasteiger partial charge < -0.3 is 15.4 Å². The number of non-ortho nitro benzene ring substituents is 1. The van der Waals surface area contributed by atoms with Crippen LogP contribution >= 0.6 is 11.6 Å². The van der Waals surface area contributed by atoms with Crippen LogP contribution in [0.1, 0.15) is 26.3 Å². The number of methoxy groups -OCH3 is 1. The number of amides is 2. The average Bonchev–Trinajstić information content (AvgIpc) is 2.83. The zero-order valence-electron chi connectivity index (χ0n) is 17.8. The minimum Gasteiger partial charge on any atom is -0.465 e. The maximum Gasteiger partial charge on any atom is 0.337 e. The molecule has 3 aromatic carbocycles. The van der Waals surface area contributed by atoms with Crippen molar-refractivity contribution in [3.05, 3.63) is 110 Å². The molecule has 0 bridgehead atoms. The van der Waals surface area contributed by atoms with E-state index in [1.807, 2.05) is 0 Å². The van der Waals surface area contributed by atoms with Gasteiger partial charge >= 0.3 is 5.97 Å². The Labute approximate surface area is 199 Å². The fraction of sp³-hybridized carbons (Fsp3) is 0.0417. The molecule has 0 saturated heterocycles. The van der Waals surface area contributed by atoms with Crippen molar-refractivity contribution < 1.29 is 24.0 Å². The normalized spacial score (nSPS) is 10.8. The highest BCUT2D eigenvalue weighted by Gasteiger charge is 2.18. The minimum atomic E-state index is -0.728. The van der Waals surface area contributed by atoms with E-state index in [1.54, 1.807) is 30.3 Å². The number of ether oxygens (including phenoxy) is 1. The van der Waals surface area contributed by atoms with Crippen LogP contribution in [0.4, 0.5) is 11.4 Å². The van der Waals surface area contributed by atoms with Crippen LogP contribution in [0.2, 0.25) is 5.02 Å². The Morgan fingerprint density at radius 1 is 1.00 bits per heavy atom. The van der Waals surface area contributed by atoms with Crippen LogP contribution in [0.5, 0.6) is 0 Å². The molecule has 0 atom stereocenters.